The molecule has 0 aromatic carbocycles. The molecular weight excluding hydrogens is 272 g/mol. The lowest BCUT2D eigenvalue weighted by Crippen LogP contribution is -2.60. The molecule has 0 bridgehead atoms. The number of nitrogens with zero attached hydrogens (tertiary/aromatic N) is 3. The van der Waals surface area contributed by atoms with Crippen molar-refractivity contribution in [2.75, 3.05) is 18.0 Å². The van der Waals surface area contributed by atoms with Gasteiger partial charge in [-0.3, -0.25) is 4.79 Å². The first-order valence-electron chi connectivity index (χ1n) is 7.05. The van der Waals surface area contributed by atoms with E-state index in [1.807, 2.05) is 11.4 Å². The number of carbonyl (C=O) groups is 1. The van der Waals surface area contributed by atoms with Crippen LogP contribution in [0.1, 0.15) is 19.3 Å². The Morgan fingerprint density at radius 3 is 2.95 bits per heavy atom. The third kappa shape index (κ3) is 1.95. The Balaban J connectivity index is 1.41. The van der Waals surface area contributed by atoms with Gasteiger partial charge in [-0.25, -0.2) is 9.97 Å². The van der Waals surface area contributed by atoms with Crippen molar-refractivity contribution in [3.05, 3.63) is 17.8 Å². The molecule has 2 fully saturated rings. The largest absolute Gasteiger partial charge is 0.351 e. The highest BCUT2D eigenvalue weighted by molar-refractivity contribution is 7.17. The quantitative estimate of drug-likeness (QED) is 0.935. The molecule has 1 amide bonds. The topological polar surface area (TPSA) is 58.1 Å². The van der Waals surface area contributed by atoms with Crippen LogP contribution in [0.5, 0.6) is 0 Å². The third-order valence-electron chi connectivity index (χ3n) is 4.23. The van der Waals surface area contributed by atoms with Gasteiger partial charge in [0.15, 0.2) is 0 Å². The van der Waals surface area contributed by atoms with E-state index in [4.69, 9.17) is 0 Å². The molecule has 0 spiro atoms. The van der Waals surface area contributed by atoms with Crippen LogP contribution in [0.3, 0.4) is 0 Å². The normalized spacial score (nSPS) is 19.7. The zero-order valence-electron chi connectivity index (χ0n) is 11.1. The highest BCUT2D eigenvalue weighted by Gasteiger charge is 2.33. The van der Waals surface area contributed by atoms with Gasteiger partial charge < -0.3 is 10.2 Å². The first-order valence-corrected chi connectivity index (χ1v) is 7.93. The van der Waals surface area contributed by atoms with Gasteiger partial charge in [0.1, 0.15) is 12.1 Å². The van der Waals surface area contributed by atoms with Crippen molar-refractivity contribution in [2.24, 2.45) is 5.92 Å². The van der Waals surface area contributed by atoms with Gasteiger partial charge in [-0.1, -0.05) is 6.42 Å². The van der Waals surface area contributed by atoms with Crippen LogP contribution < -0.4 is 10.2 Å². The Kier molecular flexibility index (Phi) is 2.84. The molecular formula is C14H16N4OS. The Hall–Kier alpha value is -1.69. The lowest BCUT2D eigenvalue weighted by atomic mass is 9.84. The summed E-state index contributed by atoms with van der Waals surface area (Å²) >= 11 is 1.67. The minimum Gasteiger partial charge on any atom is -0.351 e. The van der Waals surface area contributed by atoms with Gasteiger partial charge in [-0.15, -0.1) is 11.3 Å². The second-order valence-electron chi connectivity index (χ2n) is 5.57. The van der Waals surface area contributed by atoms with Crippen molar-refractivity contribution < 1.29 is 4.79 Å². The van der Waals surface area contributed by atoms with E-state index >= 15 is 0 Å². The summed E-state index contributed by atoms with van der Waals surface area (Å²) in [6.45, 7) is 1.70. The van der Waals surface area contributed by atoms with Crippen LogP contribution in [-0.4, -0.2) is 35.0 Å². The van der Waals surface area contributed by atoms with E-state index in [1.54, 1.807) is 17.7 Å². The summed E-state index contributed by atoms with van der Waals surface area (Å²) in [5.41, 5.74) is 1.00. The van der Waals surface area contributed by atoms with Crippen LogP contribution in [0.15, 0.2) is 17.8 Å². The van der Waals surface area contributed by atoms with Crippen molar-refractivity contribution in [3.63, 3.8) is 0 Å². The zero-order chi connectivity index (χ0) is 13.5. The fourth-order valence-electron chi connectivity index (χ4n) is 2.73. The molecule has 0 radical (unpaired) electrons. The molecule has 1 aliphatic heterocycles. The molecule has 20 heavy (non-hydrogen) atoms. The second-order valence-corrected chi connectivity index (χ2v) is 6.49. The van der Waals surface area contributed by atoms with Gasteiger partial charge in [0.05, 0.1) is 16.3 Å². The maximum absolute atomic E-state index is 11.9. The van der Waals surface area contributed by atoms with Crippen LogP contribution in [0, 0.1) is 5.92 Å². The summed E-state index contributed by atoms with van der Waals surface area (Å²) in [7, 11) is 0. The number of hydrogen-bond donors (Lipinski definition) is 1. The molecule has 2 aliphatic rings. The van der Waals surface area contributed by atoms with E-state index in [2.05, 4.69) is 20.2 Å². The molecule has 6 heteroatoms. The van der Waals surface area contributed by atoms with Crippen molar-refractivity contribution in [2.45, 2.75) is 25.3 Å². The van der Waals surface area contributed by atoms with E-state index in [9.17, 15) is 4.79 Å². The molecule has 4 rings (SSSR count). The van der Waals surface area contributed by atoms with Gasteiger partial charge in [0, 0.05) is 19.0 Å². The number of rotatable bonds is 3. The highest BCUT2D eigenvalue weighted by atomic mass is 32.1. The van der Waals surface area contributed by atoms with Gasteiger partial charge in [0.25, 0.3) is 0 Å². The van der Waals surface area contributed by atoms with Gasteiger partial charge >= 0.3 is 0 Å². The van der Waals surface area contributed by atoms with Crippen molar-refractivity contribution >= 4 is 33.3 Å². The van der Waals surface area contributed by atoms with Crippen molar-refractivity contribution in [3.8, 4) is 0 Å². The average Bonchev–Trinajstić information content (AvgIpc) is 2.79. The lowest BCUT2D eigenvalue weighted by molar-refractivity contribution is -0.128. The Labute approximate surface area is 121 Å². The zero-order valence-corrected chi connectivity index (χ0v) is 11.9. The summed E-state index contributed by atoms with van der Waals surface area (Å²) in [6, 6.07) is 2.29. The number of fused-ring (bicyclic) bond motifs is 1. The van der Waals surface area contributed by atoms with Crippen molar-refractivity contribution in [1.29, 1.82) is 0 Å². The summed E-state index contributed by atoms with van der Waals surface area (Å²) in [6.07, 6.45) is 4.94. The molecule has 3 heterocycles. The number of aromatic nitrogens is 2. The smallest absolute Gasteiger partial charge is 0.223 e. The van der Waals surface area contributed by atoms with E-state index in [-0.39, 0.29) is 17.9 Å². The first-order chi connectivity index (χ1) is 9.81. The molecule has 104 valence electrons. The molecule has 1 saturated carbocycles. The molecule has 0 unspecified atom stereocenters. The number of thiophene rings is 1. The minimum atomic E-state index is 0.241. The molecule has 0 atom stereocenters. The molecule has 1 saturated heterocycles. The fraction of sp³-hybridized carbons (Fsp3) is 0.500. The predicted molar refractivity (Wildman–Crippen MR) is 78.9 cm³/mol. The fourth-order valence-corrected chi connectivity index (χ4v) is 3.60. The average molecular weight is 288 g/mol. The second kappa shape index (κ2) is 4.70. The number of amides is 1. The summed E-state index contributed by atoms with van der Waals surface area (Å²) in [4.78, 5) is 22.7. The highest BCUT2D eigenvalue weighted by Crippen LogP contribution is 2.31. The number of carbonyl (C=O) groups excluding carboxylic acids is 1. The Bertz CT molecular complexity index is 645. The molecule has 1 N–H and O–H groups in total. The number of nitrogens with one attached hydrogen (secondary N) is 1. The van der Waals surface area contributed by atoms with Gasteiger partial charge in [-0.05, 0) is 24.3 Å². The van der Waals surface area contributed by atoms with Crippen LogP contribution in [0.4, 0.5) is 5.82 Å². The number of hydrogen-bond acceptors (Lipinski definition) is 5. The third-order valence-corrected chi connectivity index (χ3v) is 5.13. The summed E-state index contributed by atoms with van der Waals surface area (Å²) < 4.78 is 1.14. The monoisotopic (exact) mass is 288 g/mol. The Morgan fingerprint density at radius 1 is 1.35 bits per heavy atom. The standard InChI is InChI=1S/C14H16N4OS/c19-14(9-2-1-3-9)17-10-6-18(7-10)13-12-11(4-5-20-12)15-8-16-13/h4-5,8-10H,1-3,6-7H2,(H,17,19). The summed E-state index contributed by atoms with van der Waals surface area (Å²) in [5.74, 6) is 1.51. The van der Waals surface area contributed by atoms with Crippen LogP contribution in [0.25, 0.3) is 10.2 Å². The van der Waals surface area contributed by atoms with Crippen LogP contribution >= 0.6 is 11.3 Å². The predicted octanol–water partition coefficient (Wildman–Crippen LogP) is 1.80. The maximum Gasteiger partial charge on any atom is 0.223 e. The van der Waals surface area contributed by atoms with E-state index < -0.39 is 0 Å². The SMILES string of the molecule is O=C(NC1CN(c2ncnc3ccsc23)C1)C1CCC1. The molecule has 2 aromatic rings. The van der Waals surface area contributed by atoms with Gasteiger partial charge in [0.2, 0.25) is 5.91 Å². The molecule has 1 aliphatic carbocycles. The van der Waals surface area contributed by atoms with E-state index in [0.717, 1.165) is 42.0 Å². The first kappa shape index (κ1) is 12.1. The Morgan fingerprint density at radius 2 is 2.20 bits per heavy atom. The van der Waals surface area contributed by atoms with Crippen LogP contribution in [-0.2, 0) is 4.79 Å². The molecule has 2 aromatic heterocycles. The lowest BCUT2D eigenvalue weighted by Gasteiger charge is -2.41. The maximum atomic E-state index is 11.9. The van der Waals surface area contributed by atoms with Crippen molar-refractivity contribution in [1.82, 2.24) is 15.3 Å². The van der Waals surface area contributed by atoms with E-state index in [0.29, 0.717) is 0 Å². The molecule has 5 nitrogen and oxygen atoms in total. The number of anilines is 1. The van der Waals surface area contributed by atoms with Gasteiger partial charge in [-0.2, -0.15) is 0 Å². The van der Waals surface area contributed by atoms with Crippen LogP contribution in [0.2, 0.25) is 0 Å². The van der Waals surface area contributed by atoms with E-state index in [1.165, 1.54) is 6.42 Å². The summed E-state index contributed by atoms with van der Waals surface area (Å²) in [5, 5.41) is 5.18. The minimum absolute atomic E-state index is 0.241.